The van der Waals surface area contributed by atoms with Crippen LogP contribution in [0.2, 0.25) is 0 Å². The third-order valence-electron chi connectivity index (χ3n) is 12.8. The van der Waals surface area contributed by atoms with Crippen LogP contribution in [-0.2, 0) is 26.1 Å². The third kappa shape index (κ3) is 18.5. The summed E-state index contributed by atoms with van der Waals surface area (Å²) < 4.78 is 22.1. The Labute approximate surface area is 537 Å². The lowest BCUT2D eigenvalue weighted by atomic mass is 9.78. The molecule has 0 radical (unpaired) electrons. The molecule has 8 aromatic carbocycles. The van der Waals surface area contributed by atoms with Gasteiger partial charge in [-0.25, -0.2) is 4.79 Å². The molecule has 0 spiro atoms. The van der Waals surface area contributed by atoms with Crippen LogP contribution in [0.25, 0.3) is 0 Å². The molecule has 0 N–H and O–H groups in total. The van der Waals surface area contributed by atoms with Crippen molar-refractivity contribution >= 4 is 140 Å². The van der Waals surface area contributed by atoms with E-state index in [9.17, 15) is 4.79 Å². The highest BCUT2D eigenvalue weighted by Gasteiger charge is 2.41. The molecule has 14 heteroatoms. The number of thioether (sulfide) groups is 6. The van der Waals surface area contributed by atoms with Gasteiger partial charge in [0.2, 0.25) is 0 Å². The second-order valence-electron chi connectivity index (χ2n) is 19.1. The fourth-order valence-corrected chi connectivity index (χ4v) is 21.7. The van der Waals surface area contributed by atoms with Gasteiger partial charge in [0.05, 0.1) is 8.95 Å². The van der Waals surface area contributed by atoms with E-state index in [0.717, 1.165) is 55.7 Å². The van der Waals surface area contributed by atoms with Crippen LogP contribution in [0, 0.1) is 0 Å². The number of halogens is 4. The number of hydrogen-bond donors (Lipinski definition) is 0. The second-order valence-corrected chi connectivity index (χ2v) is 32.3. The molecule has 0 fully saturated rings. The molecule has 0 aliphatic rings. The van der Waals surface area contributed by atoms with Crippen molar-refractivity contribution in [3.63, 3.8) is 0 Å². The van der Waals surface area contributed by atoms with Crippen molar-refractivity contribution in [2.75, 3.05) is 6.61 Å². The van der Waals surface area contributed by atoms with E-state index in [0.29, 0.717) is 30.8 Å². The Morgan fingerprint density at radius 2 is 0.802 bits per heavy atom. The number of allylic oxidation sites excluding steroid dienone is 1. The first-order valence-electron chi connectivity index (χ1n) is 26.0. The molecule has 8 rings (SSSR count). The average molecular weight is 1440 g/mol. The van der Waals surface area contributed by atoms with E-state index in [-0.39, 0.29) is 12.7 Å². The van der Waals surface area contributed by atoms with Gasteiger partial charge in [-0.15, -0.1) is 0 Å². The van der Waals surface area contributed by atoms with Gasteiger partial charge in [0, 0.05) is 62.7 Å². The van der Waals surface area contributed by atoms with Crippen LogP contribution in [0.4, 0.5) is 0 Å². The topological polar surface area (TPSA) is 44.8 Å². The highest BCUT2D eigenvalue weighted by molar-refractivity contribution is 9.11. The van der Waals surface area contributed by atoms with Gasteiger partial charge in [-0.05, 0) is 165 Å². The van der Waals surface area contributed by atoms with Crippen LogP contribution in [0.1, 0.15) is 49.8 Å². The van der Waals surface area contributed by atoms with Gasteiger partial charge in [0.15, 0.2) is 0 Å². The van der Waals surface area contributed by atoms with E-state index >= 15 is 0 Å². The maximum absolute atomic E-state index is 13.2. The lowest BCUT2D eigenvalue weighted by Crippen LogP contribution is -2.32. The van der Waals surface area contributed by atoms with Gasteiger partial charge >= 0.3 is 5.97 Å². The summed E-state index contributed by atoms with van der Waals surface area (Å²) in [5, 5.41) is 0. The quantitative estimate of drug-likeness (QED) is 0.0113. The lowest BCUT2D eigenvalue weighted by Gasteiger charge is -2.36. The van der Waals surface area contributed by atoms with E-state index in [4.69, 9.17) is 14.2 Å². The predicted octanol–water partition coefficient (Wildman–Crippen LogP) is 22.4. The highest BCUT2D eigenvalue weighted by Crippen LogP contribution is 2.60. The molecule has 0 amide bonds. The largest absolute Gasteiger partial charge is 0.491 e. The maximum Gasteiger partial charge on any atom is 0.330 e. The van der Waals surface area contributed by atoms with E-state index in [1.165, 1.54) is 20.8 Å². The third-order valence-corrected chi connectivity index (χ3v) is 24.3. The Morgan fingerprint density at radius 3 is 1.12 bits per heavy atom. The van der Waals surface area contributed by atoms with Crippen LogP contribution in [0.5, 0.6) is 5.75 Å². The van der Waals surface area contributed by atoms with E-state index in [1.807, 2.05) is 89.9 Å². The minimum absolute atomic E-state index is 0.0842. The number of carbonyl (C=O) groups excluding carboxylic acids is 1. The molecule has 81 heavy (non-hydrogen) atoms. The molecular formula is C67H60Br4O4S6. The Hall–Kier alpha value is -3.93. The summed E-state index contributed by atoms with van der Waals surface area (Å²) in [7, 11) is 0. The van der Waals surface area contributed by atoms with Crippen LogP contribution in [-0.4, -0.2) is 31.6 Å². The molecule has 2 atom stereocenters. The zero-order chi connectivity index (χ0) is 57.2. The van der Waals surface area contributed by atoms with Crippen molar-refractivity contribution in [3.05, 3.63) is 278 Å². The summed E-state index contributed by atoms with van der Waals surface area (Å²) in [5.74, 6) is 0.632. The standard InChI is InChI=1S/C67H60Br4O4S6/c1-6-47(3)74-50(44-66(76-52-26-14-8-15-27-52,77-53-28-16-9-17-29-53)78-54-30-18-10-19-31-54)38-39-58-59(68)40-48(41-60(58)69)65(4,5)49-42-61(70)64(62(71)43-49)73-46-51(75-63(72)7-2)45-67(79-55-32-20-11-21-33-55,80-56-34-22-12-23-35-56)81-57-36-24-13-25-37-57/h6-37,40-43,50-51H,1-3,38-39,44-46H2,4-5H3. The van der Waals surface area contributed by atoms with Crippen molar-refractivity contribution in [1.82, 2.24) is 0 Å². The van der Waals surface area contributed by atoms with Crippen LogP contribution >= 0.6 is 134 Å². The molecule has 8 aromatic rings. The summed E-state index contributed by atoms with van der Waals surface area (Å²) in [5.41, 5.74) is 2.85. The Balaban J connectivity index is 1.04. The number of esters is 1. The summed E-state index contributed by atoms with van der Waals surface area (Å²) in [4.78, 5) is 20.0. The SMILES string of the molecule is C=CC(=C)OC(CCc1c(Br)cc(C(C)(C)c2cc(Br)c(OCC(CC(Sc3ccccc3)(Sc3ccccc3)Sc3ccccc3)OC(=O)C=C)c(Br)c2)cc1Br)CC(Sc1ccccc1)(Sc1ccccc1)Sc1ccccc1. The molecule has 0 saturated carbocycles. The molecule has 4 nitrogen and oxygen atoms in total. The Morgan fingerprint density at radius 1 is 0.481 bits per heavy atom. The summed E-state index contributed by atoms with van der Waals surface area (Å²) >= 11 is 26.7. The van der Waals surface area contributed by atoms with E-state index in [1.54, 1.807) is 41.4 Å². The zero-order valence-electron chi connectivity index (χ0n) is 44.7. The summed E-state index contributed by atoms with van der Waals surface area (Å²) in [6.45, 7) is 16.5. The van der Waals surface area contributed by atoms with Gasteiger partial charge in [-0.1, -0.05) is 245 Å². The number of rotatable bonds is 29. The number of carbonyl (C=O) groups is 1. The van der Waals surface area contributed by atoms with Gasteiger partial charge in [0.25, 0.3) is 0 Å². The first-order chi connectivity index (χ1) is 39.1. The first kappa shape index (κ1) is 63.1. The second kappa shape index (κ2) is 30.8. The highest BCUT2D eigenvalue weighted by atomic mass is 79.9. The Bertz CT molecular complexity index is 2870. The predicted molar refractivity (Wildman–Crippen MR) is 362 cm³/mol. The summed E-state index contributed by atoms with van der Waals surface area (Å²) in [6.07, 6.45) is 4.59. The van der Waals surface area contributed by atoms with Crippen molar-refractivity contribution in [2.45, 2.75) is 93.3 Å². The minimum atomic E-state index is -0.665. The molecule has 0 aromatic heterocycles. The normalized spacial score (nSPS) is 12.5. The monoisotopic (exact) mass is 1440 g/mol. The van der Waals surface area contributed by atoms with Gasteiger partial charge in [0.1, 0.15) is 37.1 Å². The van der Waals surface area contributed by atoms with E-state index in [2.05, 4.69) is 249 Å². The molecule has 0 bridgehead atoms. The maximum atomic E-state index is 13.2. The molecule has 0 aliphatic carbocycles. The van der Waals surface area contributed by atoms with Crippen LogP contribution in [0.15, 0.2) is 291 Å². The fourth-order valence-electron chi connectivity index (χ4n) is 8.66. The van der Waals surface area contributed by atoms with E-state index < -0.39 is 24.3 Å². The van der Waals surface area contributed by atoms with Crippen molar-refractivity contribution < 1.29 is 19.0 Å². The number of ether oxygens (including phenoxy) is 3. The van der Waals surface area contributed by atoms with Crippen LogP contribution < -0.4 is 4.74 Å². The number of benzene rings is 8. The smallest absolute Gasteiger partial charge is 0.330 e. The lowest BCUT2D eigenvalue weighted by molar-refractivity contribution is -0.144. The summed E-state index contributed by atoms with van der Waals surface area (Å²) in [6, 6.07) is 71.6. The van der Waals surface area contributed by atoms with Gasteiger partial charge < -0.3 is 14.2 Å². The minimum Gasteiger partial charge on any atom is -0.491 e. The van der Waals surface area contributed by atoms with Crippen LogP contribution in [0.3, 0.4) is 0 Å². The molecule has 416 valence electrons. The zero-order valence-corrected chi connectivity index (χ0v) is 55.9. The molecule has 2 unspecified atom stereocenters. The molecular weight excluding hydrogens is 1380 g/mol. The molecule has 0 saturated heterocycles. The van der Waals surface area contributed by atoms with Crippen molar-refractivity contribution in [3.8, 4) is 5.75 Å². The van der Waals surface area contributed by atoms with Gasteiger partial charge in [-0.3, -0.25) is 0 Å². The van der Waals surface area contributed by atoms with Crippen molar-refractivity contribution in [1.29, 1.82) is 0 Å². The van der Waals surface area contributed by atoms with Crippen molar-refractivity contribution in [2.24, 2.45) is 0 Å². The molecule has 0 aliphatic heterocycles. The fraction of sp³-hybridized carbons (Fsp3) is 0.179. The van der Waals surface area contributed by atoms with Gasteiger partial charge in [-0.2, -0.15) is 0 Å². The molecule has 0 heterocycles. The number of hydrogen-bond acceptors (Lipinski definition) is 10. The average Bonchev–Trinajstić information content (AvgIpc) is 3.51. The Kier molecular flexibility index (Phi) is 24.0. The first-order valence-corrected chi connectivity index (χ1v) is 34.1.